The maximum absolute atomic E-state index is 11.6. The van der Waals surface area contributed by atoms with Crippen molar-refractivity contribution in [1.29, 1.82) is 0 Å². The zero-order valence-electron chi connectivity index (χ0n) is 11.6. The van der Waals surface area contributed by atoms with Crippen LogP contribution in [0.4, 0.5) is 0 Å². The fraction of sp³-hybridized carbons (Fsp3) is 0.333. The number of benzene rings is 1. The van der Waals surface area contributed by atoms with Crippen molar-refractivity contribution in [3.8, 4) is 5.75 Å². The maximum atomic E-state index is 11.6. The minimum atomic E-state index is -1.23. The number of Topliss-reactive ketones (excluding diaryl/α,β-unsaturated/α-hetero) is 1. The number of carboxylic acid groups (broad SMARTS) is 1. The zero-order valence-corrected chi connectivity index (χ0v) is 11.6. The minimum Gasteiger partial charge on any atom is -0.497 e. The summed E-state index contributed by atoms with van der Waals surface area (Å²) in [6.45, 7) is 0.934. The predicted molar refractivity (Wildman–Crippen MR) is 72.7 cm³/mol. The van der Waals surface area contributed by atoms with Crippen LogP contribution in [0.3, 0.4) is 0 Å². The topological polar surface area (TPSA) is 76.1 Å². The summed E-state index contributed by atoms with van der Waals surface area (Å²) < 4.78 is 10.5. The molecule has 0 saturated heterocycles. The van der Waals surface area contributed by atoms with Gasteiger partial charge >= 0.3 is 5.97 Å². The molecular formula is C15H15NO5. The number of fused-ring (bicyclic) bond motifs is 1. The Bertz CT molecular complexity index is 649. The van der Waals surface area contributed by atoms with Crippen molar-refractivity contribution in [3.05, 3.63) is 40.8 Å². The highest BCUT2D eigenvalue weighted by atomic mass is 16.5. The van der Waals surface area contributed by atoms with Gasteiger partial charge in [-0.2, -0.15) is 0 Å². The number of nitrogens with zero attached hydrogens (tertiary/aromatic N) is 1. The third-order valence-corrected chi connectivity index (χ3v) is 3.76. The predicted octanol–water partition coefficient (Wildman–Crippen LogP) is 0.949. The van der Waals surface area contributed by atoms with E-state index in [4.69, 9.17) is 14.6 Å². The van der Waals surface area contributed by atoms with Crippen molar-refractivity contribution in [2.45, 2.75) is 13.0 Å². The maximum Gasteiger partial charge on any atom is 0.344 e. The summed E-state index contributed by atoms with van der Waals surface area (Å²) in [6, 6.07) is 5.85. The van der Waals surface area contributed by atoms with Crippen LogP contribution in [0.5, 0.6) is 5.75 Å². The largest absolute Gasteiger partial charge is 0.497 e. The number of rotatable bonds is 3. The number of carboxylic acids is 1. The van der Waals surface area contributed by atoms with Crippen LogP contribution in [0.25, 0.3) is 0 Å². The van der Waals surface area contributed by atoms with E-state index in [2.05, 4.69) is 0 Å². The van der Waals surface area contributed by atoms with Gasteiger partial charge in [-0.15, -0.1) is 0 Å². The van der Waals surface area contributed by atoms with Gasteiger partial charge in [-0.25, -0.2) is 4.79 Å². The molecule has 21 heavy (non-hydrogen) atoms. The van der Waals surface area contributed by atoms with Crippen LogP contribution in [0.2, 0.25) is 0 Å². The third kappa shape index (κ3) is 2.33. The monoisotopic (exact) mass is 289 g/mol. The second-order valence-electron chi connectivity index (χ2n) is 5.00. The van der Waals surface area contributed by atoms with Crippen LogP contribution in [-0.2, 0) is 27.3 Å². The van der Waals surface area contributed by atoms with Crippen LogP contribution in [0.15, 0.2) is 29.7 Å². The Morgan fingerprint density at radius 3 is 2.90 bits per heavy atom. The number of hydrogen-bond donors (Lipinski definition) is 1. The van der Waals surface area contributed by atoms with Gasteiger partial charge < -0.3 is 19.5 Å². The van der Waals surface area contributed by atoms with E-state index in [1.165, 1.54) is 5.56 Å². The molecular weight excluding hydrogens is 274 g/mol. The van der Waals surface area contributed by atoms with Crippen molar-refractivity contribution in [2.75, 3.05) is 20.3 Å². The van der Waals surface area contributed by atoms with Crippen molar-refractivity contribution in [2.24, 2.45) is 0 Å². The Morgan fingerprint density at radius 1 is 1.38 bits per heavy atom. The lowest BCUT2D eigenvalue weighted by Gasteiger charge is -2.30. The van der Waals surface area contributed by atoms with Crippen molar-refractivity contribution in [1.82, 2.24) is 4.90 Å². The molecule has 3 rings (SSSR count). The van der Waals surface area contributed by atoms with E-state index in [9.17, 15) is 9.59 Å². The molecule has 0 aromatic heterocycles. The first kappa shape index (κ1) is 13.5. The van der Waals surface area contributed by atoms with Crippen LogP contribution in [-0.4, -0.2) is 42.0 Å². The first-order valence-corrected chi connectivity index (χ1v) is 6.64. The molecule has 0 saturated carbocycles. The molecule has 6 heteroatoms. The number of carbonyl (C=O) groups excluding carboxylic acids is 1. The molecule has 1 aromatic carbocycles. The fourth-order valence-corrected chi connectivity index (χ4v) is 2.69. The zero-order chi connectivity index (χ0) is 15.0. The van der Waals surface area contributed by atoms with Crippen molar-refractivity contribution < 1.29 is 24.2 Å². The van der Waals surface area contributed by atoms with Crippen molar-refractivity contribution in [3.63, 3.8) is 0 Å². The van der Waals surface area contributed by atoms with Gasteiger partial charge in [-0.3, -0.25) is 4.79 Å². The first-order valence-electron chi connectivity index (χ1n) is 6.64. The molecule has 0 amide bonds. The molecule has 110 valence electrons. The summed E-state index contributed by atoms with van der Waals surface area (Å²) in [5.74, 6) is -0.773. The van der Waals surface area contributed by atoms with E-state index >= 15 is 0 Å². The van der Waals surface area contributed by atoms with E-state index < -0.39 is 11.8 Å². The van der Waals surface area contributed by atoms with Crippen molar-refractivity contribution >= 4 is 11.8 Å². The molecule has 0 aliphatic carbocycles. The average Bonchev–Trinajstić information content (AvgIpc) is 2.88. The van der Waals surface area contributed by atoms with Gasteiger partial charge in [0.25, 0.3) is 0 Å². The number of carbonyl (C=O) groups is 2. The fourth-order valence-electron chi connectivity index (χ4n) is 2.69. The van der Waals surface area contributed by atoms with E-state index in [0.29, 0.717) is 13.1 Å². The molecule has 0 radical (unpaired) electrons. The molecule has 1 N–H and O–H groups in total. The first-order chi connectivity index (χ1) is 10.1. The third-order valence-electron chi connectivity index (χ3n) is 3.76. The Hall–Kier alpha value is -2.50. The van der Waals surface area contributed by atoms with Crippen LogP contribution >= 0.6 is 0 Å². The van der Waals surface area contributed by atoms with Gasteiger partial charge in [0.05, 0.1) is 7.11 Å². The highest BCUT2D eigenvalue weighted by Crippen LogP contribution is 2.29. The molecule has 0 atom stereocenters. The second-order valence-corrected chi connectivity index (χ2v) is 5.00. The van der Waals surface area contributed by atoms with E-state index in [0.717, 1.165) is 17.7 Å². The van der Waals surface area contributed by atoms with Gasteiger partial charge in [0.2, 0.25) is 11.7 Å². The summed E-state index contributed by atoms with van der Waals surface area (Å²) in [5, 5.41) is 9.16. The normalized spacial score (nSPS) is 17.6. The highest BCUT2D eigenvalue weighted by molar-refractivity contribution is 6.18. The number of ketones is 1. The molecule has 6 nitrogen and oxygen atoms in total. The molecule has 2 heterocycles. The van der Waals surface area contributed by atoms with E-state index in [1.54, 1.807) is 12.0 Å². The number of methoxy groups -OCH3 is 1. The molecule has 0 fully saturated rings. The Labute approximate surface area is 121 Å². The molecule has 2 aliphatic heterocycles. The SMILES string of the molecule is COc1ccc2c(c1)CN(C1=C(C(=O)O)C(=O)CO1)CC2. The molecule has 0 bridgehead atoms. The summed E-state index contributed by atoms with van der Waals surface area (Å²) in [6.07, 6.45) is 0.771. The standard InChI is InChI=1S/C15H15NO5/c1-20-11-3-2-9-4-5-16(7-10(9)6-11)14-13(15(18)19)12(17)8-21-14/h2-3,6H,4-5,7-8H2,1H3,(H,18,19). The Morgan fingerprint density at radius 2 is 2.19 bits per heavy atom. The van der Waals surface area contributed by atoms with Gasteiger partial charge in [0, 0.05) is 13.1 Å². The summed E-state index contributed by atoms with van der Waals surface area (Å²) in [7, 11) is 1.60. The summed E-state index contributed by atoms with van der Waals surface area (Å²) in [5.41, 5.74) is 2.01. The second kappa shape index (κ2) is 5.12. The lowest BCUT2D eigenvalue weighted by molar-refractivity contribution is -0.134. The molecule has 1 aromatic rings. The minimum absolute atomic E-state index is 0.181. The van der Waals surface area contributed by atoms with E-state index in [1.807, 2.05) is 18.2 Å². The Balaban J connectivity index is 1.92. The van der Waals surface area contributed by atoms with Gasteiger partial charge in [-0.05, 0) is 29.7 Å². The smallest absolute Gasteiger partial charge is 0.344 e. The van der Waals surface area contributed by atoms with Crippen LogP contribution < -0.4 is 4.74 Å². The Kier molecular flexibility index (Phi) is 3.29. The number of hydrogen-bond acceptors (Lipinski definition) is 5. The summed E-state index contributed by atoms with van der Waals surface area (Å²) >= 11 is 0. The van der Waals surface area contributed by atoms with Crippen LogP contribution in [0, 0.1) is 0 Å². The van der Waals surface area contributed by atoms with Gasteiger partial charge in [-0.1, -0.05) is 6.07 Å². The highest BCUT2D eigenvalue weighted by Gasteiger charge is 2.35. The average molecular weight is 289 g/mol. The molecule has 0 spiro atoms. The number of aliphatic carboxylic acids is 1. The lowest BCUT2D eigenvalue weighted by atomic mass is 9.99. The quantitative estimate of drug-likeness (QED) is 0.835. The van der Waals surface area contributed by atoms with E-state index in [-0.39, 0.29) is 18.1 Å². The summed E-state index contributed by atoms with van der Waals surface area (Å²) in [4.78, 5) is 24.6. The molecule has 2 aliphatic rings. The molecule has 0 unspecified atom stereocenters. The van der Waals surface area contributed by atoms with Gasteiger partial charge in [0.15, 0.2) is 12.2 Å². The van der Waals surface area contributed by atoms with Crippen LogP contribution in [0.1, 0.15) is 11.1 Å². The number of ether oxygens (including phenoxy) is 2. The van der Waals surface area contributed by atoms with Gasteiger partial charge in [0.1, 0.15) is 5.75 Å². The lowest BCUT2D eigenvalue weighted by Crippen LogP contribution is -2.31.